The Hall–Kier alpha value is -2.44. The zero-order valence-electron chi connectivity index (χ0n) is 10.4. The first-order chi connectivity index (χ1) is 9.25. The first-order valence-electron chi connectivity index (χ1n) is 6.02. The van der Waals surface area contributed by atoms with Crippen molar-refractivity contribution in [1.82, 2.24) is 25.1 Å². The third-order valence-electron chi connectivity index (χ3n) is 2.63. The van der Waals surface area contributed by atoms with Crippen molar-refractivity contribution in [2.45, 2.75) is 19.4 Å². The molecule has 7 heteroatoms. The second kappa shape index (κ2) is 6.48. The number of aromatic amines is 1. The number of H-pyrrole nitrogens is 1. The molecule has 0 fully saturated rings. The fourth-order valence-corrected chi connectivity index (χ4v) is 1.63. The van der Waals surface area contributed by atoms with Crippen LogP contribution in [-0.4, -0.2) is 32.2 Å². The highest BCUT2D eigenvalue weighted by Crippen LogP contribution is 1.89. The van der Waals surface area contributed by atoms with Crippen LogP contribution in [0, 0.1) is 0 Å². The van der Waals surface area contributed by atoms with E-state index in [2.05, 4.69) is 20.5 Å². The average molecular weight is 261 g/mol. The minimum absolute atomic E-state index is 0.0877. The summed E-state index contributed by atoms with van der Waals surface area (Å²) in [5.74, 6) is 0.648. The Bertz CT molecular complexity index is 576. The van der Waals surface area contributed by atoms with Gasteiger partial charge in [-0.1, -0.05) is 6.07 Å². The predicted molar refractivity (Wildman–Crippen MR) is 68.4 cm³/mol. The van der Waals surface area contributed by atoms with Crippen molar-refractivity contribution in [2.75, 3.05) is 6.54 Å². The van der Waals surface area contributed by atoms with Crippen molar-refractivity contribution in [3.8, 4) is 0 Å². The third kappa shape index (κ3) is 4.06. The molecule has 0 aliphatic heterocycles. The van der Waals surface area contributed by atoms with E-state index in [4.69, 9.17) is 0 Å². The predicted octanol–water partition coefficient (Wildman–Crippen LogP) is -0.285. The lowest BCUT2D eigenvalue weighted by Gasteiger charge is -2.06. The Morgan fingerprint density at radius 1 is 1.42 bits per heavy atom. The van der Waals surface area contributed by atoms with Gasteiger partial charge >= 0.3 is 0 Å². The van der Waals surface area contributed by atoms with Gasteiger partial charge in [-0.25, -0.2) is 4.98 Å². The van der Waals surface area contributed by atoms with E-state index < -0.39 is 0 Å². The van der Waals surface area contributed by atoms with Gasteiger partial charge in [0.2, 0.25) is 5.91 Å². The number of carbonyl (C=O) groups excluding carboxylic acids is 1. The lowest BCUT2D eigenvalue weighted by molar-refractivity contribution is -0.121. The molecule has 7 nitrogen and oxygen atoms in total. The van der Waals surface area contributed by atoms with Gasteiger partial charge in [0.1, 0.15) is 12.2 Å². The van der Waals surface area contributed by atoms with Crippen LogP contribution in [-0.2, 0) is 17.8 Å². The van der Waals surface area contributed by atoms with Gasteiger partial charge < -0.3 is 9.88 Å². The van der Waals surface area contributed by atoms with Crippen LogP contribution in [0.5, 0.6) is 0 Å². The van der Waals surface area contributed by atoms with Gasteiger partial charge in [0.05, 0.1) is 0 Å². The summed E-state index contributed by atoms with van der Waals surface area (Å²) in [5.41, 5.74) is -0.100. The number of amides is 1. The fraction of sp³-hybridized carbons (Fsp3) is 0.333. The Morgan fingerprint density at radius 2 is 2.32 bits per heavy atom. The highest BCUT2D eigenvalue weighted by molar-refractivity contribution is 5.75. The van der Waals surface area contributed by atoms with Crippen molar-refractivity contribution in [3.05, 3.63) is 46.9 Å². The lowest BCUT2D eigenvalue weighted by atomic mass is 10.3. The Morgan fingerprint density at radius 3 is 3.05 bits per heavy atom. The number of carbonyl (C=O) groups is 1. The summed E-state index contributed by atoms with van der Waals surface area (Å²) >= 11 is 0. The molecule has 0 radical (unpaired) electrons. The highest BCUT2D eigenvalue weighted by atomic mass is 16.1. The van der Waals surface area contributed by atoms with Crippen LogP contribution in [0.3, 0.4) is 0 Å². The van der Waals surface area contributed by atoms with Crippen LogP contribution < -0.4 is 10.9 Å². The molecule has 0 aromatic carbocycles. The standard InChI is InChI=1S/C12H15N5O2/c18-11(13-6-4-10-14-9-15-16-10)5-8-17-7-2-1-3-12(17)19/h1-3,7,9H,4-6,8H2,(H,13,18)(H,14,15,16). The fourth-order valence-electron chi connectivity index (χ4n) is 1.63. The van der Waals surface area contributed by atoms with Crippen LogP contribution >= 0.6 is 0 Å². The molecule has 0 saturated carbocycles. The van der Waals surface area contributed by atoms with Gasteiger partial charge in [-0.3, -0.25) is 14.7 Å². The van der Waals surface area contributed by atoms with Gasteiger partial charge in [0.15, 0.2) is 0 Å². The third-order valence-corrected chi connectivity index (χ3v) is 2.63. The summed E-state index contributed by atoms with van der Waals surface area (Å²) in [7, 11) is 0. The molecular formula is C12H15N5O2. The Kier molecular flexibility index (Phi) is 4.44. The second-order valence-electron chi connectivity index (χ2n) is 4.01. The van der Waals surface area contributed by atoms with E-state index in [1.807, 2.05) is 0 Å². The molecule has 0 spiro atoms. The van der Waals surface area contributed by atoms with Gasteiger partial charge in [0.25, 0.3) is 5.56 Å². The van der Waals surface area contributed by atoms with E-state index in [0.717, 1.165) is 5.82 Å². The molecule has 0 aliphatic carbocycles. The molecule has 2 N–H and O–H groups in total. The number of rotatable bonds is 6. The molecule has 2 heterocycles. The topological polar surface area (TPSA) is 92.7 Å². The second-order valence-corrected chi connectivity index (χ2v) is 4.01. The number of nitrogens with zero attached hydrogens (tertiary/aromatic N) is 3. The summed E-state index contributed by atoms with van der Waals surface area (Å²) in [6, 6.07) is 4.92. The molecule has 2 aromatic heterocycles. The number of aryl methyl sites for hydroxylation is 1. The molecule has 2 rings (SSSR count). The van der Waals surface area contributed by atoms with Crippen molar-refractivity contribution in [3.63, 3.8) is 0 Å². The summed E-state index contributed by atoms with van der Waals surface area (Å²) < 4.78 is 1.51. The first kappa shape index (κ1) is 13.0. The van der Waals surface area contributed by atoms with Gasteiger partial charge in [0, 0.05) is 38.2 Å². The molecule has 100 valence electrons. The number of pyridine rings is 1. The van der Waals surface area contributed by atoms with Crippen molar-refractivity contribution in [1.29, 1.82) is 0 Å². The maximum Gasteiger partial charge on any atom is 0.250 e. The quantitative estimate of drug-likeness (QED) is 0.747. The Balaban J connectivity index is 1.70. The highest BCUT2D eigenvalue weighted by Gasteiger charge is 2.03. The SMILES string of the molecule is O=C(CCn1ccccc1=O)NCCc1ncn[nH]1. The molecule has 1 amide bonds. The van der Waals surface area contributed by atoms with E-state index in [9.17, 15) is 9.59 Å². The smallest absolute Gasteiger partial charge is 0.250 e. The van der Waals surface area contributed by atoms with Crippen LogP contribution in [0.25, 0.3) is 0 Å². The van der Waals surface area contributed by atoms with E-state index >= 15 is 0 Å². The van der Waals surface area contributed by atoms with Gasteiger partial charge in [-0.2, -0.15) is 5.10 Å². The molecule has 0 saturated heterocycles. The zero-order chi connectivity index (χ0) is 13.5. The molecular weight excluding hydrogens is 246 g/mol. The largest absolute Gasteiger partial charge is 0.356 e. The molecule has 0 unspecified atom stereocenters. The number of nitrogens with one attached hydrogen (secondary N) is 2. The van der Waals surface area contributed by atoms with Crippen molar-refractivity contribution in [2.24, 2.45) is 0 Å². The van der Waals surface area contributed by atoms with Crippen LogP contribution in [0.4, 0.5) is 0 Å². The summed E-state index contributed by atoms with van der Waals surface area (Å²) in [4.78, 5) is 27.0. The molecule has 0 atom stereocenters. The summed E-state index contributed by atoms with van der Waals surface area (Å²) in [6.07, 6.45) is 3.99. The Labute approximate surface area is 109 Å². The molecule has 0 aliphatic rings. The number of hydrogen-bond donors (Lipinski definition) is 2. The number of aromatic nitrogens is 4. The minimum atomic E-state index is -0.100. The van der Waals surface area contributed by atoms with Crippen LogP contribution in [0.1, 0.15) is 12.2 Å². The minimum Gasteiger partial charge on any atom is -0.356 e. The van der Waals surface area contributed by atoms with E-state index in [1.165, 1.54) is 17.0 Å². The van der Waals surface area contributed by atoms with E-state index in [0.29, 0.717) is 19.5 Å². The summed E-state index contributed by atoms with van der Waals surface area (Å²) in [6.45, 7) is 0.880. The summed E-state index contributed by atoms with van der Waals surface area (Å²) in [5, 5.41) is 9.21. The van der Waals surface area contributed by atoms with Crippen molar-refractivity contribution < 1.29 is 4.79 Å². The molecule has 19 heavy (non-hydrogen) atoms. The van der Waals surface area contributed by atoms with Crippen LogP contribution in [0.2, 0.25) is 0 Å². The first-order valence-corrected chi connectivity index (χ1v) is 6.02. The van der Waals surface area contributed by atoms with E-state index in [-0.39, 0.29) is 17.9 Å². The van der Waals surface area contributed by atoms with E-state index in [1.54, 1.807) is 18.3 Å². The van der Waals surface area contributed by atoms with Crippen LogP contribution in [0.15, 0.2) is 35.5 Å². The maximum atomic E-state index is 11.6. The molecule has 2 aromatic rings. The molecule has 0 bridgehead atoms. The zero-order valence-corrected chi connectivity index (χ0v) is 10.4. The average Bonchev–Trinajstić information content (AvgIpc) is 2.91. The monoisotopic (exact) mass is 261 g/mol. The maximum absolute atomic E-state index is 11.6. The lowest BCUT2D eigenvalue weighted by Crippen LogP contribution is -2.28. The van der Waals surface area contributed by atoms with Gasteiger partial charge in [-0.15, -0.1) is 0 Å². The van der Waals surface area contributed by atoms with Gasteiger partial charge in [-0.05, 0) is 6.07 Å². The number of hydrogen-bond acceptors (Lipinski definition) is 4. The normalized spacial score (nSPS) is 10.3. The van der Waals surface area contributed by atoms with Crippen molar-refractivity contribution >= 4 is 5.91 Å².